The Hall–Kier alpha value is -1.38. The second-order valence-electron chi connectivity index (χ2n) is 4.96. The molecule has 0 aliphatic carbocycles. The Kier molecular flexibility index (Phi) is 5.16. The summed E-state index contributed by atoms with van der Waals surface area (Å²) in [4.78, 5) is 0. The van der Waals surface area contributed by atoms with E-state index in [9.17, 15) is 4.39 Å². The van der Waals surface area contributed by atoms with Gasteiger partial charge in [0.25, 0.3) is 0 Å². The van der Waals surface area contributed by atoms with Crippen molar-refractivity contribution in [2.75, 3.05) is 0 Å². The second-order valence-corrected chi connectivity index (χ2v) is 5.39. The van der Waals surface area contributed by atoms with Crippen LogP contribution in [-0.4, -0.2) is 0 Å². The topological polar surface area (TPSA) is 12.0 Å². The summed E-state index contributed by atoms with van der Waals surface area (Å²) in [7, 11) is 0. The summed E-state index contributed by atoms with van der Waals surface area (Å²) in [6, 6.07) is 14.9. The molecule has 1 N–H and O–H groups in total. The molecular weight excluding hydrogens is 273 g/mol. The average Bonchev–Trinajstić information content (AvgIpc) is 2.45. The molecule has 20 heavy (non-hydrogen) atoms. The van der Waals surface area contributed by atoms with Crippen LogP contribution in [0.5, 0.6) is 0 Å². The maximum atomic E-state index is 13.3. The highest BCUT2D eigenvalue weighted by molar-refractivity contribution is 6.30. The number of rotatable bonds is 5. The molecule has 0 saturated carbocycles. The van der Waals surface area contributed by atoms with Gasteiger partial charge in [-0.15, -0.1) is 0 Å². The molecule has 0 aromatic heterocycles. The predicted molar refractivity (Wildman–Crippen MR) is 82.4 cm³/mol. The van der Waals surface area contributed by atoms with E-state index in [1.54, 1.807) is 12.1 Å². The molecule has 2 atom stereocenters. The van der Waals surface area contributed by atoms with E-state index in [-0.39, 0.29) is 17.9 Å². The molecule has 2 aromatic rings. The zero-order valence-electron chi connectivity index (χ0n) is 11.7. The van der Waals surface area contributed by atoms with Crippen LogP contribution < -0.4 is 5.32 Å². The normalized spacial score (nSPS) is 14.0. The van der Waals surface area contributed by atoms with Gasteiger partial charge in [-0.1, -0.05) is 42.8 Å². The molecular formula is C17H19ClFN. The van der Waals surface area contributed by atoms with E-state index in [1.807, 2.05) is 30.3 Å². The first-order valence-corrected chi connectivity index (χ1v) is 7.25. The largest absolute Gasteiger partial charge is 0.303 e. The Morgan fingerprint density at radius 3 is 2.40 bits per heavy atom. The maximum absolute atomic E-state index is 13.3. The summed E-state index contributed by atoms with van der Waals surface area (Å²) in [5.41, 5.74) is 2.15. The van der Waals surface area contributed by atoms with Gasteiger partial charge in [0.05, 0.1) is 0 Å². The molecule has 0 aliphatic heterocycles. The summed E-state index contributed by atoms with van der Waals surface area (Å²) in [5.74, 6) is -0.193. The summed E-state index contributed by atoms with van der Waals surface area (Å²) >= 11 is 5.90. The van der Waals surface area contributed by atoms with Crippen molar-refractivity contribution in [1.82, 2.24) is 5.32 Å². The molecule has 0 heterocycles. The monoisotopic (exact) mass is 291 g/mol. The number of benzene rings is 2. The van der Waals surface area contributed by atoms with Crippen LogP contribution in [0.2, 0.25) is 5.02 Å². The van der Waals surface area contributed by atoms with Crippen molar-refractivity contribution in [3.8, 4) is 0 Å². The minimum atomic E-state index is -0.193. The lowest BCUT2D eigenvalue weighted by Gasteiger charge is -2.23. The first-order chi connectivity index (χ1) is 9.60. The smallest absolute Gasteiger partial charge is 0.123 e. The molecule has 0 radical (unpaired) electrons. The van der Waals surface area contributed by atoms with Crippen molar-refractivity contribution in [1.29, 1.82) is 0 Å². The van der Waals surface area contributed by atoms with Gasteiger partial charge >= 0.3 is 0 Å². The van der Waals surface area contributed by atoms with E-state index in [0.29, 0.717) is 0 Å². The van der Waals surface area contributed by atoms with Gasteiger partial charge in [-0.2, -0.15) is 0 Å². The fraction of sp³-hybridized carbons (Fsp3) is 0.294. The Balaban J connectivity index is 2.11. The number of hydrogen-bond acceptors (Lipinski definition) is 1. The van der Waals surface area contributed by atoms with Gasteiger partial charge in [0.15, 0.2) is 0 Å². The van der Waals surface area contributed by atoms with Gasteiger partial charge in [0.1, 0.15) is 5.82 Å². The molecule has 0 bridgehead atoms. The Morgan fingerprint density at radius 2 is 1.80 bits per heavy atom. The molecule has 2 unspecified atom stereocenters. The zero-order valence-corrected chi connectivity index (χ0v) is 12.5. The van der Waals surface area contributed by atoms with Crippen molar-refractivity contribution in [2.24, 2.45) is 0 Å². The number of nitrogens with one attached hydrogen (secondary N) is 1. The Labute approximate surface area is 124 Å². The third-order valence-electron chi connectivity index (χ3n) is 3.48. The molecule has 1 nitrogen and oxygen atoms in total. The number of halogens is 2. The standard InChI is InChI=1S/C17H19ClFN/c1-3-17(14-5-4-6-16(19)11-14)20-12(2)13-7-9-15(18)10-8-13/h4-12,17,20H,3H2,1-2H3. The van der Waals surface area contributed by atoms with E-state index in [2.05, 4.69) is 19.2 Å². The maximum Gasteiger partial charge on any atom is 0.123 e. The fourth-order valence-electron chi connectivity index (χ4n) is 2.32. The minimum absolute atomic E-state index is 0.136. The van der Waals surface area contributed by atoms with Crippen LogP contribution in [-0.2, 0) is 0 Å². The number of hydrogen-bond donors (Lipinski definition) is 1. The van der Waals surface area contributed by atoms with Crippen LogP contribution >= 0.6 is 11.6 Å². The molecule has 0 saturated heterocycles. The Morgan fingerprint density at radius 1 is 1.10 bits per heavy atom. The molecule has 0 amide bonds. The van der Waals surface area contributed by atoms with Gasteiger partial charge in [0.2, 0.25) is 0 Å². The summed E-state index contributed by atoms with van der Waals surface area (Å²) in [6.07, 6.45) is 0.904. The van der Waals surface area contributed by atoms with Crippen molar-refractivity contribution in [2.45, 2.75) is 32.4 Å². The SMILES string of the molecule is CCC(NC(C)c1ccc(Cl)cc1)c1cccc(F)c1. The second kappa shape index (κ2) is 6.87. The highest BCUT2D eigenvalue weighted by Gasteiger charge is 2.14. The van der Waals surface area contributed by atoms with Crippen LogP contribution in [0, 0.1) is 5.82 Å². The summed E-state index contributed by atoms with van der Waals surface area (Å²) in [5, 5.41) is 4.27. The van der Waals surface area contributed by atoms with Crippen LogP contribution in [0.3, 0.4) is 0 Å². The highest BCUT2D eigenvalue weighted by atomic mass is 35.5. The highest BCUT2D eigenvalue weighted by Crippen LogP contribution is 2.23. The van der Waals surface area contributed by atoms with Gasteiger partial charge in [-0.25, -0.2) is 4.39 Å². The molecule has 0 spiro atoms. The summed E-state index contributed by atoms with van der Waals surface area (Å²) in [6.45, 7) is 4.20. The third kappa shape index (κ3) is 3.81. The van der Waals surface area contributed by atoms with Crippen molar-refractivity contribution in [3.05, 3.63) is 70.5 Å². The van der Waals surface area contributed by atoms with Crippen molar-refractivity contribution >= 4 is 11.6 Å². The molecule has 0 aliphatic rings. The van der Waals surface area contributed by atoms with E-state index < -0.39 is 0 Å². The van der Waals surface area contributed by atoms with E-state index in [4.69, 9.17) is 11.6 Å². The molecule has 2 aromatic carbocycles. The van der Waals surface area contributed by atoms with Gasteiger partial charge in [-0.3, -0.25) is 0 Å². The molecule has 106 valence electrons. The van der Waals surface area contributed by atoms with E-state index >= 15 is 0 Å². The first kappa shape index (κ1) is 15.0. The Bertz CT molecular complexity index is 553. The zero-order chi connectivity index (χ0) is 14.5. The summed E-state index contributed by atoms with van der Waals surface area (Å²) < 4.78 is 13.3. The lowest BCUT2D eigenvalue weighted by Crippen LogP contribution is -2.24. The van der Waals surface area contributed by atoms with E-state index in [0.717, 1.165) is 17.0 Å². The minimum Gasteiger partial charge on any atom is -0.303 e. The van der Waals surface area contributed by atoms with Crippen molar-refractivity contribution in [3.63, 3.8) is 0 Å². The third-order valence-corrected chi connectivity index (χ3v) is 3.73. The first-order valence-electron chi connectivity index (χ1n) is 6.87. The van der Waals surface area contributed by atoms with Gasteiger partial charge in [0, 0.05) is 17.1 Å². The van der Waals surface area contributed by atoms with Crippen LogP contribution in [0.4, 0.5) is 4.39 Å². The van der Waals surface area contributed by atoms with Gasteiger partial charge in [-0.05, 0) is 48.7 Å². The quantitative estimate of drug-likeness (QED) is 0.790. The fourth-order valence-corrected chi connectivity index (χ4v) is 2.45. The van der Waals surface area contributed by atoms with Crippen LogP contribution in [0.1, 0.15) is 43.5 Å². The molecule has 0 fully saturated rings. The van der Waals surface area contributed by atoms with Crippen LogP contribution in [0.15, 0.2) is 48.5 Å². The van der Waals surface area contributed by atoms with Crippen LogP contribution in [0.25, 0.3) is 0 Å². The average molecular weight is 292 g/mol. The van der Waals surface area contributed by atoms with E-state index in [1.165, 1.54) is 11.6 Å². The predicted octanol–water partition coefficient (Wildman–Crippen LogP) is 5.28. The molecule has 3 heteroatoms. The molecule has 2 rings (SSSR count). The lowest BCUT2D eigenvalue weighted by atomic mass is 10.0. The lowest BCUT2D eigenvalue weighted by molar-refractivity contribution is 0.454. The van der Waals surface area contributed by atoms with Crippen molar-refractivity contribution < 1.29 is 4.39 Å². The van der Waals surface area contributed by atoms with Gasteiger partial charge < -0.3 is 5.32 Å².